The third-order valence-corrected chi connectivity index (χ3v) is 5.72. The van der Waals surface area contributed by atoms with E-state index in [9.17, 15) is 13.2 Å². The van der Waals surface area contributed by atoms with Crippen LogP contribution in [0.1, 0.15) is 0 Å². The lowest BCUT2D eigenvalue weighted by Gasteiger charge is -2.15. The smallest absolute Gasteiger partial charge is 0.415 e. The number of nitrogens with one attached hydrogen (secondary N) is 1. The van der Waals surface area contributed by atoms with Crippen LogP contribution in [0.3, 0.4) is 0 Å². The molecule has 1 amide bonds. The molecule has 10 nitrogen and oxygen atoms in total. The molecule has 0 saturated carbocycles. The van der Waals surface area contributed by atoms with Crippen molar-refractivity contribution in [3.63, 3.8) is 0 Å². The molecule has 2 aromatic heterocycles. The van der Waals surface area contributed by atoms with Crippen molar-refractivity contribution in [2.24, 2.45) is 7.05 Å². The van der Waals surface area contributed by atoms with Gasteiger partial charge in [-0.15, -0.1) is 0 Å². The Kier molecular flexibility index (Phi) is 4.30. The molecule has 0 bridgehead atoms. The minimum atomic E-state index is -3.95. The van der Waals surface area contributed by atoms with Crippen molar-refractivity contribution in [3.05, 3.63) is 36.7 Å². The molecule has 1 N–H and O–H groups in total. The molecule has 11 heteroatoms. The van der Waals surface area contributed by atoms with Gasteiger partial charge in [0.05, 0.1) is 25.4 Å². The highest BCUT2D eigenvalue weighted by atomic mass is 32.2. The van der Waals surface area contributed by atoms with Crippen LogP contribution >= 0.6 is 0 Å². The molecular weight excluding hydrogens is 386 g/mol. The first-order valence-corrected chi connectivity index (χ1v) is 9.81. The first-order valence-electron chi connectivity index (χ1n) is 8.32. The summed E-state index contributed by atoms with van der Waals surface area (Å²) in [6.45, 7) is 0.645. The zero-order chi connectivity index (χ0) is 19.9. The van der Waals surface area contributed by atoms with Gasteiger partial charge < -0.3 is 9.47 Å². The van der Waals surface area contributed by atoms with Crippen LogP contribution in [0.2, 0.25) is 0 Å². The Balaban J connectivity index is 1.69. The molecule has 0 spiro atoms. The molecular formula is C17H17N5O5S. The van der Waals surface area contributed by atoms with Crippen LogP contribution in [0, 0.1) is 0 Å². The first kappa shape index (κ1) is 18.0. The lowest BCUT2D eigenvalue weighted by molar-refractivity contribution is 0.181. The van der Waals surface area contributed by atoms with Gasteiger partial charge in [-0.3, -0.25) is 14.3 Å². The lowest BCUT2D eigenvalue weighted by atomic mass is 10.2. The number of anilines is 2. The summed E-state index contributed by atoms with van der Waals surface area (Å²) in [4.78, 5) is 17.0. The van der Waals surface area contributed by atoms with Crippen LogP contribution in [0.15, 0.2) is 41.6 Å². The number of ether oxygens (including phenoxy) is 2. The third kappa shape index (κ3) is 2.99. The summed E-state index contributed by atoms with van der Waals surface area (Å²) in [6.07, 6.45) is 2.32. The largest absolute Gasteiger partial charge is 0.494 e. The Hall–Kier alpha value is -3.34. The number of methoxy groups -OCH3 is 1. The summed E-state index contributed by atoms with van der Waals surface area (Å²) in [6, 6.07) is 6.31. The average molecular weight is 403 g/mol. The van der Waals surface area contributed by atoms with Crippen molar-refractivity contribution in [2.75, 3.05) is 29.9 Å². The minimum absolute atomic E-state index is 0.0509. The number of fused-ring (bicyclic) bond motifs is 1. The maximum Gasteiger partial charge on any atom is 0.415 e. The normalized spacial score (nSPS) is 14.4. The fourth-order valence-electron chi connectivity index (χ4n) is 3.00. The Morgan fingerprint density at radius 3 is 2.68 bits per heavy atom. The van der Waals surface area contributed by atoms with Crippen LogP contribution in [0.25, 0.3) is 10.9 Å². The molecule has 1 fully saturated rings. The second kappa shape index (κ2) is 6.68. The van der Waals surface area contributed by atoms with E-state index in [1.54, 1.807) is 30.1 Å². The molecule has 3 aromatic rings. The number of amides is 1. The SMILES string of the molecule is COc1ccc2cnn(C)c2c1NS(=O)(=O)c1ccc(N2CCOC2=O)nc1. The highest BCUT2D eigenvalue weighted by Crippen LogP contribution is 2.34. The number of pyridine rings is 1. The molecule has 0 radical (unpaired) electrons. The van der Waals surface area contributed by atoms with Crippen molar-refractivity contribution in [1.82, 2.24) is 14.8 Å². The van der Waals surface area contributed by atoms with Gasteiger partial charge in [-0.2, -0.15) is 5.10 Å². The van der Waals surface area contributed by atoms with E-state index < -0.39 is 16.1 Å². The Morgan fingerprint density at radius 2 is 2.04 bits per heavy atom. The number of carbonyl (C=O) groups is 1. The highest BCUT2D eigenvalue weighted by molar-refractivity contribution is 7.92. The minimum Gasteiger partial charge on any atom is -0.494 e. The van der Waals surface area contributed by atoms with E-state index in [-0.39, 0.29) is 17.2 Å². The lowest BCUT2D eigenvalue weighted by Crippen LogP contribution is -2.24. The summed E-state index contributed by atoms with van der Waals surface area (Å²) >= 11 is 0. The Morgan fingerprint density at radius 1 is 1.21 bits per heavy atom. The third-order valence-electron chi connectivity index (χ3n) is 4.39. The van der Waals surface area contributed by atoms with E-state index in [2.05, 4.69) is 14.8 Å². The number of benzene rings is 1. The summed E-state index contributed by atoms with van der Waals surface area (Å²) in [5.41, 5.74) is 0.875. The van der Waals surface area contributed by atoms with Gasteiger partial charge in [0.2, 0.25) is 0 Å². The molecule has 146 valence electrons. The van der Waals surface area contributed by atoms with E-state index in [0.29, 0.717) is 23.6 Å². The van der Waals surface area contributed by atoms with Gasteiger partial charge in [0.25, 0.3) is 10.0 Å². The number of cyclic esters (lactones) is 1. The second-order valence-electron chi connectivity index (χ2n) is 6.07. The van der Waals surface area contributed by atoms with Gasteiger partial charge in [0, 0.05) is 18.6 Å². The number of aromatic nitrogens is 3. The van der Waals surface area contributed by atoms with E-state index >= 15 is 0 Å². The standard InChI is InChI=1S/C17H17N5O5S/c1-21-16-11(9-19-21)3-5-13(26-2)15(16)20-28(24,25)12-4-6-14(18-10-12)22-7-8-27-17(22)23/h3-6,9-10,20H,7-8H2,1-2H3. The Labute approximate surface area is 160 Å². The van der Waals surface area contributed by atoms with Crippen molar-refractivity contribution >= 4 is 38.5 Å². The number of hydrogen-bond acceptors (Lipinski definition) is 7. The van der Waals surface area contributed by atoms with Crippen molar-refractivity contribution in [1.29, 1.82) is 0 Å². The summed E-state index contributed by atoms with van der Waals surface area (Å²) in [5.74, 6) is 0.692. The van der Waals surface area contributed by atoms with Gasteiger partial charge >= 0.3 is 6.09 Å². The summed E-state index contributed by atoms with van der Waals surface area (Å²) in [7, 11) is -0.782. The van der Waals surface area contributed by atoms with Crippen molar-refractivity contribution in [2.45, 2.75) is 4.90 Å². The fraction of sp³-hybridized carbons (Fsp3) is 0.235. The van der Waals surface area contributed by atoms with Crippen LogP contribution in [-0.2, 0) is 21.8 Å². The maximum atomic E-state index is 12.9. The molecule has 1 aliphatic heterocycles. The first-order chi connectivity index (χ1) is 13.4. The van der Waals surface area contributed by atoms with E-state index in [0.717, 1.165) is 5.39 Å². The zero-order valence-electron chi connectivity index (χ0n) is 15.1. The quantitative estimate of drug-likeness (QED) is 0.690. The number of nitrogens with zero attached hydrogens (tertiary/aromatic N) is 4. The monoisotopic (exact) mass is 403 g/mol. The van der Waals surface area contributed by atoms with Crippen molar-refractivity contribution < 1.29 is 22.7 Å². The van der Waals surface area contributed by atoms with Crippen molar-refractivity contribution in [3.8, 4) is 5.75 Å². The zero-order valence-corrected chi connectivity index (χ0v) is 15.9. The van der Waals surface area contributed by atoms with Crippen LogP contribution in [-0.4, -0.2) is 49.5 Å². The molecule has 1 saturated heterocycles. The molecule has 3 heterocycles. The maximum absolute atomic E-state index is 12.9. The Bertz CT molecular complexity index is 1160. The second-order valence-corrected chi connectivity index (χ2v) is 7.75. The molecule has 0 atom stereocenters. The van der Waals surface area contributed by atoms with Gasteiger partial charge in [-0.1, -0.05) is 0 Å². The summed E-state index contributed by atoms with van der Waals surface area (Å²) < 4.78 is 40.1. The molecule has 1 aliphatic rings. The molecule has 1 aromatic carbocycles. The van der Waals surface area contributed by atoms with Gasteiger partial charge in [-0.25, -0.2) is 18.2 Å². The van der Waals surface area contributed by atoms with Crippen LogP contribution in [0.5, 0.6) is 5.75 Å². The average Bonchev–Trinajstić information content (AvgIpc) is 3.28. The van der Waals surface area contributed by atoms with E-state index in [1.807, 2.05) is 0 Å². The fourth-order valence-corrected chi connectivity index (χ4v) is 4.03. The number of aryl methyl sites for hydroxylation is 1. The highest BCUT2D eigenvalue weighted by Gasteiger charge is 2.26. The molecule has 4 rings (SSSR count). The predicted octanol–water partition coefficient (Wildman–Crippen LogP) is 1.73. The number of sulfonamides is 1. The number of hydrogen-bond donors (Lipinski definition) is 1. The molecule has 28 heavy (non-hydrogen) atoms. The van der Waals surface area contributed by atoms with Gasteiger partial charge in [-0.05, 0) is 24.3 Å². The number of carbonyl (C=O) groups excluding carboxylic acids is 1. The van der Waals surface area contributed by atoms with Gasteiger partial charge in [0.1, 0.15) is 28.8 Å². The van der Waals surface area contributed by atoms with Crippen LogP contribution in [0.4, 0.5) is 16.3 Å². The van der Waals surface area contributed by atoms with E-state index in [1.165, 1.54) is 30.3 Å². The topological polar surface area (TPSA) is 116 Å². The summed E-state index contributed by atoms with van der Waals surface area (Å²) in [5, 5.41) is 4.93. The number of rotatable bonds is 5. The van der Waals surface area contributed by atoms with Gasteiger partial charge in [0.15, 0.2) is 0 Å². The molecule has 0 unspecified atom stereocenters. The predicted molar refractivity (Wildman–Crippen MR) is 101 cm³/mol. The van der Waals surface area contributed by atoms with E-state index in [4.69, 9.17) is 9.47 Å². The van der Waals surface area contributed by atoms with Crippen LogP contribution < -0.4 is 14.4 Å². The molecule has 0 aliphatic carbocycles.